The minimum Gasteiger partial charge on any atom is -0.453 e. The number of nitrogens with zero attached hydrogens (tertiary/aromatic N) is 3. The first-order valence-corrected chi connectivity index (χ1v) is 19.5. The van der Waals surface area contributed by atoms with Crippen molar-refractivity contribution < 1.29 is 27.4 Å². The van der Waals surface area contributed by atoms with Gasteiger partial charge in [0.2, 0.25) is 0 Å². The Labute approximate surface area is 284 Å². The van der Waals surface area contributed by atoms with E-state index in [1.165, 1.54) is 13.5 Å². The Kier molecular flexibility index (Phi) is 9.76. The zero-order valence-electron chi connectivity index (χ0n) is 28.1. The molecule has 262 valence electrons. The highest BCUT2D eigenvalue weighted by Gasteiger charge is 2.53. The van der Waals surface area contributed by atoms with E-state index in [0.29, 0.717) is 29.6 Å². The molecular formula is C37H51FN4O5S. The number of carbonyl (C=O) groups is 1. The number of alkyl carbamates (subject to hydrolysis) is 1. The molecule has 0 radical (unpaired) electrons. The molecule has 9 nitrogen and oxygen atoms in total. The summed E-state index contributed by atoms with van der Waals surface area (Å²) in [7, 11) is -1.96. The Balaban J connectivity index is 1.01. The van der Waals surface area contributed by atoms with Crippen molar-refractivity contribution in [3.8, 4) is 0 Å². The van der Waals surface area contributed by atoms with Gasteiger partial charge in [-0.15, -0.1) is 0 Å². The van der Waals surface area contributed by atoms with Gasteiger partial charge in [0, 0.05) is 49.2 Å². The molecule has 11 heteroatoms. The second-order valence-electron chi connectivity index (χ2n) is 15.1. The van der Waals surface area contributed by atoms with Crippen LogP contribution in [0.1, 0.15) is 56.9 Å². The van der Waals surface area contributed by atoms with E-state index < -0.39 is 21.2 Å². The first-order valence-electron chi connectivity index (χ1n) is 18.0. The molecule has 3 saturated heterocycles. The maximum atomic E-state index is 14.9. The van der Waals surface area contributed by atoms with Gasteiger partial charge in [-0.05, 0) is 125 Å². The van der Waals surface area contributed by atoms with E-state index in [0.717, 1.165) is 95.7 Å². The zero-order chi connectivity index (χ0) is 33.5. The number of anilines is 1. The van der Waals surface area contributed by atoms with E-state index in [2.05, 4.69) is 26.1 Å². The summed E-state index contributed by atoms with van der Waals surface area (Å²) in [5, 5.41) is 12.3. The number of halogens is 1. The molecule has 0 bridgehead atoms. The van der Waals surface area contributed by atoms with Crippen molar-refractivity contribution in [1.29, 1.82) is 0 Å². The van der Waals surface area contributed by atoms with Crippen molar-refractivity contribution in [3.63, 3.8) is 0 Å². The van der Waals surface area contributed by atoms with Crippen LogP contribution in [0.2, 0.25) is 0 Å². The predicted molar refractivity (Wildman–Crippen MR) is 183 cm³/mol. The monoisotopic (exact) mass is 682 g/mol. The summed E-state index contributed by atoms with van der Waals surface area (Å²) in [5.41, 5.74) is 1.87. The fourth-order valence-electron chi connectivity index (χ4n) is 9.46. The maximum Gasteiger partial charge on any atom is 0.407 e. The summed E-state index contributed by atoms with van der Waals surface area (Å²) >= 11 is 0. The van der Waals surface area contributed by atoms with Gasteiger partial charge in [-0.1, -0.05) is 18.6 Å². The first kappa shape index (κ1) is 33.8. The number of rotatable bonds is 11. The van der Waals surface area contributed by atoms with Crippen LogP contribution in [0.3, 0.4) is 0 Å². The van der Waals surface area contributed by atoms with Crippen LogP contribution in [0.5, 0.6) is 0 Å². The van der Waals surface area contributed by atoms with E-state index in [1.54, 1.807) is 24.3 Å². The highest BCUT2D eigenvalue weighted by molar-refractivity contribution is 7.92. The molecule has 2 aromatic rings. The summed E-state index contributed by atoms with van der Waals surface area (Å²) in [6, 6.07) is 14.6. The minimum absolute atomic E-state index is 0.00117. The van der Waals surface area contributed by atoms with Crippen molar-refractivity contribution in [3.05, 3.63) is 59.9 Å². The van der Waals surface area contributed by atoms with Crippen LogP contribution in [0.4, 0.5) is 14.9 Å². The quantitative estimate of drug-likeness (QED) is 0.359. The van der Waals surface area contributed by atoms with Gasteiger partial charge in [-0.3, -0.25) is 0 Å². The van der Waals surface area contributed by atoms with E-state index in [-0.39, 0.29) is 29.3 Å². The van der Waals surface area contributed by atoms with E-state index >= 15 is 0 Å². The number of hydrogen-bond donors (Lipinski definition) is 2. The zero-order valence-corrected chi connectivity index (χ0v) is 28.9. The summed E-state index contributed by atoms with van der Waals surface area (Å²) in [6.07, 6.45) is 6.00. The molecule has 0 aromatic heterocycles. The van der Waals surface area contributed by atoms with Crippen LogP contribution in [0.25, 0.3) is 0 Å². The highest BCUT2D eigenvalue weighted by atomic mass is 32.2. The van der Waals surface area contributed by atoms with Gasteiger partial charge < -0.3 is 29.9 Å². The van der Waals surface area contributed by atoms with Crippen LogP contribution < -0.4 is 10.2 Å². The standard InChI is InChI=1S/C37H51FN4O5S/c1-47-36(44)39-35-8-3-7-34(35)37(25-41-15-4-16-41,28-5-2-6-29(38)19-28)27-13-17-40(18-14-27)22-26-23-42(24-26)30-9-11-32(12-10-30)48(45,46)33-20-31(43)21-33/h2,5-6,9-12,19,26-27,31,33-35,43H,3-4,7-8,13-18,20-25H2,1H3,(H,39,44)/t31?,33?,34-,35-,37-/m0/s1. The Morgan fingerprint density at radius 1 is 0.979 bits per heavy atom. The Bertz CT molecular complexity index is 1530. The van der Waals surface area contributed by atoms with Crippen LogP contribution >= 0.6 is 0 Å². The number of amides is 1. The summed E-state index contributed by atoms with van der Waals surface area (Å²) in [6.45, 7) is 7.97. The van der Waals surface area contributed by atoms with E-state index in [9.17, 15) is 22.7 Å². The number of methoxy groups -OCH3 is 1. The molecule has 5 aliphatic rings. The largest absolute Gasteiger partial charge is 0.453 e. The lowest BCUT2D eigenvalue weighted by Gasteiger charge is -2.54. The molecule has 2 aromatic carbocycles. The number of benzene rings is 2. The van der Waals surface area contributed by atoms with Crippen LogP contribution in [0, 0.1) is 23.6 Å². The van der Waals surface area contributed by atoms with Gasteiger partial charge in [0.1, 0.15) is 5.82 Å². The molecule has 3 aliphatic heterocycles. The molecule has 1 amide bonds. The second-order valence-corrected chi connectivity index (χ2v) is 17.3. The van der Waals surface area contributed by atoms with Gasteiger partial charge in [0.25, 0.3) is 0 Å². The van der Waals surface area contributed by atoms with Crippen LogP contribution in [-0.4, -0.2) is 106 Å². The highest BCUT2D eigenvalue weighted by Crippen LogP contribution is 2.51. The smallest absolute Gasteiger partial charge is 0.407 e. The van der Waals surface area contributed by atoms with Gasteiger partial charge >= 0.3 is 6.09 Å². The normalized spacial score (nSPS) is 28.6. The Hall–Kier alpha value is -2.73. The fraction of sp³-hybridized carbons (Fsp3) is 0.649. The summed E-state index contributed by atoms with van der Waals surface area (Å²) < 4.78 is 45.6. The van der Waals surface area contributed by atoms with Crippen molar-refractivity contribution in [2.75, 3.05) is 64.4 Å². The molecule has 0 unspecified atom stereocenters. The minimum atomic E-state index is -3.38. The number of carbonyl (C=O) groups excluding carboxylic acids is 1. The molecule has 48 heavy (non-hydrogen) atoms. The molecule has 3 atom stereocenters. The fourth-order valence-corrected chi connectivity index (χ4v) is 11.3. The van der Waals surface area contributed by atoms with Gasteiger partial charge in [0.15, 0.2) is 9.84 Å². The van der Waals surface area contributed by atoms with Gasteiger partial charge in [-0.25, -0.2) is 17.6 Å². The summed E-state index contributed by atoms with van der Waals surface area (Å²) in [4.78, 5) is 20.2. The van der Waals surface area contributed by atoms with Crippen LogP contribution in [0.15, 0.2) is 53.4 Å². The number of piperidine rings is 1. The molecule has 3 heterocycles. The van der Waals surface area contributed by atoms with Gasteiger partial charge in [-0.2, -0.15) is 0 Å². The molecule has 5 fully saturated rings. The molecule has 2 N–H and O–H groups in total. The molecule has 7 rings (SSSR count). The third kappa shape index (κ3) is 6.60. The molecular weight excluding hydrogens is 631 g/mol. The third-order valence-corrected chi connectivity index (χ3v) is 14.5. The number of aliphatic hydroxyl groups excluding tert-OH is 1. The number of hydrogen-bond acceptors (Lipinski definition) is 8. The molecule has 2 saturated carbocycles. The van der Waals surface area contributed by atoms with E-state index in [1.807, 2.05) is 18.2 Å². The number of sulfone groups is 1. The lowest BCUT2D eigenvalue weighted by Crippen LogP contribution is -2.60. The Morgan fingerprint density at radius 3 is 2.33 bits per heavy atom. The lowest BCUT2D eigenvalue weighted by atomic mass is 9.57. The number of nitrogens with one attached hydrogen (secondary N) is 1. The second kappa shape index (κ2) is 13.9. The molecule has 0 spiro atoms. The predicted octanol–water partition coefficient (Wildman–Crippen LogP) is 4.44. The van der Waals surface area contributed by atoms with Crippen molar-refractivity contribution >= 4 is 21.6 Å². The average molecular weight is 683 g/mol. The average Bonchev–Trinajstić information content (AvgIpc) is 3.49. The van der Waals surface area contributed by atoms with Crippen molar-refractivity contribution in [2.24, 2.45) is 17.8 Å². The number of ether oxygens (including phenoxy) is 1. The topological polar surface area (TPSA) is 102 Å². The van der Waals surface area contributed by atoms with Crippen molar-refractivity contribution in [1.82, 2.24) is 15.1 Å². The maximum absolute atomic E-state index is 14.9. The van der Waals surface area contributed by atoms with Crippen molar-refractivity contribution in [2.45, 2.75) is 79.1 Å². The molecule has 2 aliphatic carbocycles. The lowest BCUT2D eigenvalue weighted by molar-refractivity contribution is 0.0223. The SMILES string of the molecule is COC(=O)N[C@H]1CCC[C@@H]1[C@](CN1CCC1)(c1cccc(F)c1)C1CCN(CC2CN(c3ccc(S(=O)(=O)C4CC(O)C4)cc3)C2)CC1. The van der Waals surface area contributed by atoms with Crippen LogP contribution in [-0.2, 0) is 20.0 Å². The summed E-state index contributed by atoms with van der Waals surface area (Å²) in [5.74, 6) is 0.936. The third-order valence-electron chi connectivity index (χ3n) is 12.3. The number of likely N-dealkylation sites (tertiary alicyclic amines) is 2. The number of aliphatic hydroxyl groups is 1. The van der Waals surface area contributed by atoms with E-state index in [4.69, 9.17) is 4.74 Å². The van der Waals surface area contributed by atoms with Gasteiger partial charge in [0.05, 0.1) is 23.4 Å². The Morgan fingerprint density at radius 2 is 1.71 bits per heavy atom. The first-order chi connectivity index (χ1) is 23.2.